The van der Waals surface area contributed by atoms with Crippen LogP contribution in [0.25, 0.3) is 0 Å². The van der Waals surface area contributed by atoms with E-state index in [1.54, 1.807) is 13.1 Å². The summed E-state index contributed by atoms with van der Waals surface area (Å²) in [5, 5.41) is 15.3. The number of nitrogens with zero attached hydrogens (tertiary/aromatic N) is 5. The molecule has 0 spiro atoms. The van der Waals surface area contributed by atoms with Crippen LogP contribution in [0.15, 0.2) is 18.2 Å². The lowest BCUT2D eigenvalue weighted by Crippen LogP contribution is -2.37. The Morgan fingerprint density at radius 1 is 1.31 bits per heavy atom. The molecule has 2 atom stereocenters. The molecule has 0 radical (unpaired) electrons. The van der Waals surface area contributed by atoms with E-state index in [0.29, 0.717) is 18.4 Å². The van der Waals surface area contributed by atoms with Gasteiger partial charge < -0.3 is 10.1 Å². The third kappa shape index (κ3) is 4.09. The van der Waals surface area contributed by atoms with Crippen molar-refractivity contribution in [3.63, 3.8) is 0 Å². The first-order valence-corrected chi connectivity index (χ1v) is 9.18. The van der Waals surface area contributed by atoms with E-state index in [2.05, 4.69) is 34.0 Å². The fourth-order valence-corrected chi connectivity index (χ4v) is 4.04. The Morgan fingerprint density at radius 2 is 2.00 bits per heavy atom. The molecule has 3 heterocycles. The summed E-state index contributed by atoms with van der Waals surface area (Å²) in [6.07, 6.45) is 2.35. The first kappa shape index (κ1) is 18.5. The zero-order chi connectivity index (χ0) is 18.8. The van der Waals surface area contributed by atoms with Gasteiger partial charge in [0, 0.05) is 24.5 Å². The fraction of sp³-hybridized carbons (Fsp3) is 0.579. The second-order valence-corrected chi connectivity index (χ2v) is 7.48. The molecule has 0 aliphatic carbocycles. The van der Waals surface area contributed by atoms with E-state index in [9.17, 15) is 10.1 Å². The second kappa shape index (κ2) is 7.53. The third-order valence-electron chi connectivity index (χ3n) is 5.36. The molecule has 1 fully saturated rings. The van der Waals surface area contributed by atoms with E-state index in [-0.39, 0.29) is 10.7 Å². The van der Waals surface area contributed by atoms with Gasteiger partial charge in [-0.05, 0) is 67.7 Å². The van der Waals surface area contributed by atoms with E-state index in [1.807, 2.05) is 13.8 Å². The van der Waals surface area contributed by atoms with Crippen molar-refractivity contribution in [1.82, 2.24) is 19.7 Å². The molecule has 3 rings (SSSR count). The Kier molecular flexibility index (Phi) is 5.36. The second-order valence-electron chi connectivity index (χ2n) is 7.48. The largest absolute Gasteiger partial charge is 0.358 e. The molecule has 1 aliphatic rings. The van der Waals surface area contributed by atoms with Crippen molar-refractivity contribution in [2.75, 3.05) is 13.1 Å². The predicted molar refractivity (Wildman–Crippen MR) is 100.0 cm³/mol. The van der Waals surface area contributed by atoms with Gasteiger partial charge >= 0.3 is 5.82 Å². The molecule has 7 heteroatoms. The number of aromatic nitrogens is 3. The van der Waals surface area contributed by atoms with Gasteiger partial charge in [-0.1, -0.05) is 12.0 Å². The quantitative estimate of drug-likeness (QED) is 0.606. The summed E-state index contributed by atoms with van der Waals surface area (Å²) in [4.78, 5) is 17.5. The SMILES string of the molecule is Cc1cc([C@@H](C)[C@H]2CCCN(Cc3cc([N+](=O)[O-])n(C)n3)C2)cc(C)n1. The van der Waals surface area contributed by atoms with Gasteiger partial charge in [-0.15, -0.1) is 4.68 Å². The van der Waals surface area contributed by atoms with Crippen molar-refractivity contribution >= 4 is 5.82 Å². The highest BCUT2D eigenvalue weighted by molar-refractivity contribution is 5.25. The van der Waals surface area contributed by atoms with Crippen LogP contribution in [-0.4, -0.2) is 37.7 Å². The molecule has 26 heavy (non-hydrogen) atoms. The highest BCUT2D eigenvalue weighted by Gasteiger charge is 2.27. The molecule has 1 saturated heterocycles. The molecule has 0 amide bonds. The minimum Gasteiger partial charge on any atom is -0.358 e. The van der Waals surface area contributed by atoms with Crippen LogP contribution < -0.4 is 0 Å². The molecular weight excluding hydrogens is 330 g/mol. The van der Waals surface area contributed by atoms with E-state index < -0.39 is 0 Å². The van der Waals surface area contributed by atoms with Crippen molar-refractivity contribution in [2.45, 2.75) is 46.1 Å². The number of rotatable bonds is 5. The minimum atomic E-state index is -0.383. The Bertz CT molecular complexity index is 781. The van der Waals surface area contributed by atoms with E-state index in [0.717, 1.165) is 36.6 Å². The predicted octanol–water partition coefficient (Wildman–Crippen LogP) is 3.36. The third-order valence-corrected chi connectivity index (χ3v) is 5.36. The van der Waals surface area contributed by atoms with Gasteiger partial charge in [0.1, 0.15) is 12.7 Å². The molecule has 2 aromatic heterocycles. The lowest BCUT2D eigenvalue weighted by molar-refractivity contribution is -0.392. The molecule has 0 unspecified atom stereocenters. The zero-order valence-corrected chi connectivity index (χ0v) is 16.0. The summed E-state index contributed by atoms with van der Waals surface area (Å²) in [7, 11) is 1.62. The maximum absolute atomic E-state index is 11.0. The number of hydrogen-bond donors (Lipinski definition) is 0. The Morgan fingerprint density at radius 3 is 2.62 bits per heavy atom. The highest BCUT2D eigenvalue weighted by atomic mass is 16.6. The topological polar surface area (TPSA) is 77.1 Å². The van der Waals surface area contributed by atoms with Crippen LogP contribution in [0.1, 0.15) is 48.3 Å². The number of nitro groups is 1. The number of piperidine rings is 1. The van der Waals surface area contributed by atoms with Crippen molar-refractivity contribution < 1.29 is 4.92 Å². The molecular formula is C19H27N5O2. The number of pyridine rings is 1. The Hall–Kier alpha value is -2.28. The molecule has 0 saturated carbocycles. The van der Waals surface area contributed by atoms with Crippen LogP contribution >= 0.6 is 0 Å². The van der Waals surface area contributed by atoms with Crippen LogP contribution in [-0.2, 0) is 13.6 Å². The smallest absolute Gasteiger partial charge is 0.344 e. The maximum Gasteiger partial charge on any atom is 0.344 e. The van der Waals surface area contributed by atoms with Crippen molar-refractivity contribution in [3.05, 3.63) is 51.0 Å². The summed E-state index contributed by atoms with van der Waals surface area (Å²) < 4.78 is 1.35. The van der Waals surface area contributed by atoms with Crippen LogP contribution in [0, 0.1) is 29.9 Å². The van der Waals surface area contributed by atoms with Gasteiger partial charge in [0.05, 0.1) is 6.07 Å². The number of hydrogen-bond acceptors (Lipinski definition) is 5. The van der Waals surface area contributed by atoms with Crippen molar-refractivity contribution in [3.8, 4) is 0 Å². The van der Waals surface area contributed by atoms with Crippen molar-refractivity contribution in [1.29, 1.82) is 0 Å². The average Bonchev–Trinajstić information content (AvgIpc) is 2.94. The standard InChI is InChI=1S/C19H27N5O2/c1-13-8-17(9-14(2)20-13)15(3)16-6-5-7-23(11-16)12-18-10-19(24(25)26)22(4)21-18/h8-10,15-16H,5-7,11-12H2,1-4H3/t15-,16-/m0/s1. The van der Waals surface area contributed by atoms with E-state index in [1.165, 1.54) is 16.7 Å². The Balaban J connectivity index is 1.69. The number of aryl methyl sites for hydroxylation is 3. The first-order valence-electron chi connectivity index (χ1n) is 9.18. The zero-order valence-electron chi connectivity index (χ0n) is 16.0. The molecule has 0 aromatic carbocycles. The van der Waals surface area contributed by atoms with Gasteiger partial charge in [-0.3, -0.25) is 9.88 Å². The summed E-state index contributed by atoms with van der Waals surface area (Å²) >= 11 is 0. The van der Waals surface area contributed by atoms with Gasteiger partial charge in [0.2, 0.25) is 0 Å². The molecule has 0 N–H and O–H groups in total. The van der Waals surface area contributed by atoms with Crippen molar-refractivity contribution in [2.24, 2.45) is 13.0 Å². The first-order chi connectivity index (χ1) is 12.3. The van der Waals surface area contributed by atoms with Crippen LogP contribution in [0.5, 0.6) is 0 Å². The molecule has 0 bridgehead atoms. The van der Waals surface area contributed by atoms with E-state index >= 15 is 0 Å². The molecule has 140 valence electrons. The van der Waals surface area contributed by atoms with Crippen LogP contribution in [0.3, 0.4) is 0 Å². The van der Waals surface area contributed by atoms with Gasteiger partial charge in [-0.25, -0.2) is 0 Å². The van der Waals surface area contributed by atoms with Gasteiger partial charge in [0.15, 0.2) is 0 Å². The summed E-state index contributed by atoms with van der Waals surface area (Å²) in [6.45, 7) is 9.07. The fourth-order valence-electron chi connectivity index (χ4n) is 4.04. The van der Waals surface area contributed by atoms with Crippen LogP contribution in [0.2, 0.25) is 0 Å². The summed E-state index contributed by atoms with van der Waals surface area (Å²) in [5.74, 6) is 1.09. The molecule has 2 aromatic rings. The monoisotopic (exact) mass is 357 g/mol. The summed E-state index contributed by atoms with van der Waals surface area (Å²) in [5.41, 5.74) is 4.26. The van der Waals surface area contributed by atoms with Gasteiger partial charge in [0.25, 0.3) is 0 Å². The lowest BCUT2D eigenvalue weighted by atomic mass is 9.82. The highest BCUT2D eigenvalue weighted by Crippen LogP contribution is 2.32. The maximum atomic E-state index is 11.0. The minimum absolute atomic E-state index is 0.0460. The molecule has 7 nitrogen and oxygen atoms in total. The van der Waals surface area contributed by atoms with E-state index in [4.69, 9.17) is 0 Å². The normalized spacial score (nSPS) is 19.5. The average molecular weight is 357 g/mol. The lowest BCUT2D eigenvalue weighted by Gasteiger charge is -2.35. The molecule has 1 aliphatic heterocycles. The number of likely N-dealkylation sites (tertiary alicyclic amines) is 1. The summed E-state index contributed by atoms with van der Waals surface area (Å²) in [6, 6.07) is 5.97. The van der Waals surface area contributed by atoms with Gasteiger partial charge in [-0.2, -0.15) is 0 Å². The van der Waals surface area contributed by atoms with Crippen LogP contribution in [0.4, 0.5) is 5.82 Å². The Labute approximate surface area is 154 Å².